The van der Waals surface area contributed by atoms with Crippen LogP contribution in [0.1, 0.15) is 27.8 Å². The predicted octanol–water partition coefficient (Wildman–Crippen LogP) is 3.30. The zero-order valence-electron chi connectivity index (χ0n) is 18.3. The van der Waals surface area contributed by atoms with E-state index in [1.54, 1.807) is 41.0 Å². The molecule has 1 saturated heterocycles. The first-order valence-electron chi connectivity index (χ1n) is 10.7. The normalized spacial score (nSPS) is 14.5. The van der Waals surface area contributed by atoms with Gasteiger partial charge in [0.1, 0.15) is 12.1 Å². The number of nitrogens with zero attached hydrogens (tertiary/aromatic N) is 3. The summed E-state index contributed by atoms with van der Waals surface area (Å²) in [7, 11) is 0. The van der Waals surface area contributed by atoms with Crippen LogP contribution in [-0.2, 0) is 11.3 Å². The van der Waals surface area contributed by atoms with Crippen LogP contribution >= 0.6 is 0 Å². The van der Waals surface area contributed by atoms with Crippen molar-refractivity contribution in [3.8, 4) is 0 Å². The van der Waals surface area contributed by atoms with Crippen molar-refractivity contribution in [2.45, 2.75) is 19.6 Å². The van der Waals surface area contributed by atoms with Gasteiger partial charge in [-0.15, -0.1) is 0 Å². The zero-order chi connectivity index (χ0) is 24.5. The number of hydrogen-bond donors (Lipinski definition) is 0. The first-order valence-corrected chi connectivity index (χ1v) is 10.7. The van der Waals surface area contributed by atoms with E-state index < -0.39 is 29.8 Å². The van der Waals surface area contributed by atoms with E-state index in [-0.39, 0.29) is 55.7 Å². The molecule has 3 heterocycles. The average Bonchev–Trinajstić information content (AvgIpc) is 3.34. The number of aromatic nitrogens is 1. The van der Waals surface area contributed by atoms with Gasteiger partial charge < -0.3 is 19.0 Å². The summed E-state index contributed by atoms with van der Waals surface area (Å²) in [5.74, 6) is -1.08. The molecule has 0 saturated carbocycles. The van der Waals surface area contributed by atoms with E-state index in [4.69, 9.17) is 9.15 Å². The highest BCUT2D eigenvalue weighted by molar-refractivity contribution is 6.05. The fourth-order valence-corrected chi connectivity index (χ4v) is 4.13. The van der Waals surface area contributed by atoms with Crippen molar-refractivity contribution in [1.82, 2.24) is 9.47 Å². The Bertz CT molecular complexity index is 1260. The van der Waals surface area contributed by atoms with Gasteiger partial charge in [0.25, 0.3) is 11.5 Å². The van der Waals surface area contributed by atoms with Crippen LogP contribution in [0.4, 0.5) is 18.9 Å². The zero-order valence-corrected chi connectivity index (χ0v) is 18.3. The molecule has 180 valence electrons. The highest BCUT2D eigenvalue weighted by atomic mass is 19.4. The van der Waals surface area contributed by atoms with E-state index in [1.165, 1.54) is 18.4 Å². The maximum absolute atomic E-state index is 13.3. The Morgan fingerprint density at radius 2 is 1.76 bits per heavy atom. The van der Waals surface area contributed by atoms with E-state index in [0.717, 1.165) is 0 Å². The van der Waals surface area contributed by atoms with Crippen molar-refractivity contribution in [3.63, 3.8) is 0 Å². The summed E-state index contributed by atoms with van der Waals surface area (Å²) >= 11 is 0. The number of halogens is 3. The lowest BCUT2D eigenvalue weighted by Gasteiger charge is -2.37. The number of rotatable bonds is 5. The molecule has 0 radical (unpaired) electrons. The van der Waals surface area contributed by atoms with Crippen LogP contribution in [0.5, 0.6) is 0 Å². The van der Waals surface area contributed by atoms with Gasteiger partial charge in [-0.2, -0.15) is 13.2 Å². The number of piperazine rings is 1. The molecule has 8 nitrogen and oxygen atoms in total. The summed E-state index contributed by atoms with van der Waals surface area (Å²) in [6.45, 7) is 1.01. The fourth-order valence-electron chi connectivity index (χ4n) is 4.13. The quantitative estimate of drug-likeness (QED) is 0.525. The van der Waals surface area contributed by atoms with Crippen molar-refractivity contribution in [1.29, 1.82) is 0 Å². The largest absolute Gasteiger partial charge is 0.462 e. The monoisotopic (exact) mass is 477 g/mol. The average molecular weight is 477 g/mol. The third-order valence-corrected chi connectivity index (χ3v) is 5.58. The minimum atomic E-state index is -4.67. The second-order valence-electron chi connectivity index (χ2n) is 7.72. The second kappa shape index (κ2) is 9.24. The molecule has 1 amide bonds. The van der Waals surface area contributed by atoms with Gasteiger partial charge >= 0.3 is 12.1 Å². The van der Waals surface area contributed by atoms with Gasteiger partial charge in [-0.3, -0.25) is 14.2 Å². The standard InChI is InChI=1S/C23H22F3N3O5/c1-2-33-22(32)18-19(27-9-11-28(12-10-27)20(30)17-8-5-13-34-17)15-6-3-4-7-16(15)29(21(18)31)14-23(24,25)26/h3-8,13H,2,9-12,14H2,1H3. The van der Waals surface area contributed by atoms with E-state index in [2.05, 4.69) is 0 Å². The van der Waals surface area contributed by atoms with Gasteiger partial charge in [-0.1, -0.05) is 18.2 Å². The van der Waals surface area contributed by atoms with Gasteiger partial charge in [-0.05, 0) is 25.1 Å². The van der Waals surface area contributed by atoms with Crippen LogP contribution in [0.25, 0.3) is 10.9 Å². The molecule has 0 unspecified atom stereocenters. The van der Waals surface area contributed by atoms with E-state index in [9.17, 15) is 27.6 Å². The van der Waals surface area contributed by atoms with E-state index in [1.807, 2.05) is 0 Å². The Labute approximate surface area is 192 Å². The van der Waals surface area contributed by atoms with Crippen molar-refractivity contribution in [2.75, 3.05) is 37.7 Å². The molecule has 1 aliphatic heterocycles. The Morgan fingerprint density at radius 1 is 1.06 bits per heavy atom. The lowest BCUT2D eigenvalue weighted by Crippen LogP contribution is -2.49. The molecule has 34 heavy (non-hydrogen) atoms. The summed E-state index contributed by atoms with van der Waals surface area (Å²) in [6.07, 6.45) is -3.27. The molecule has 0 aliphatic carbocycles. The number of ether oxygens (including phenoxy) is 1. The summed E-state index contributed by atoms with van der Waals surface area (Å²) in [6, 6.07) is 9.30. The minimum absolute atomic E-state index is 0.0464. The highest BCUT2D eigenvalue weighted by Crippen LogP contribution is 2.32. The first kappa shape index (κ1) is 23.4. The maximum atomic E-state index is 13.3. The molecule has 0 atom stereocenters. The molecule has 3 aromatic rings. The number of carbonyl (C=O) groups excluding carboxylic acids is 2. The first-order chi connectivity index (χ1) is 16.2. The molecule has 1 aliphatic rings. The summed E-state index contributed by atoms with van der Waals surface area (Å²) in [5.41, 5.74) is -1.25. The number of pyridine rings is 1. The topological polar surface area (TPSA) is 85.0 Å². The predicted molar refractivity (Wildman–Crippen MR) is 117 cm³/mol. The lowest BCUT2D eigenvalue weighted by atomic mass is 10.1. The Morgan fingerprint density at radius 3 is 2.38 bits per heavy atom. The maximum Gasteiger partial charge on any atom is 0.406 e. The molecule has 1 fully saturated rings. The Hall–Kier alpha value is -3.76. The van der Waals surface area contributed by atoms with Gasteiger partial charge in [0, 0.05) is 31.6 Å². The molecule has 2 aromatic heterocycles. The number of carbonyl (C=O) groups is 2. The van der Waals surface area contributed by atoms with Gasteiger partial charge in [0.05, 0.1) is 24.1 Å². The van der Waals surface area contributed by atoms with E-state index in [0.29, 0.717) is 9.95 Å². The molecule has 4 rings (SSSR count). The van der Waals surface area contributed by atoms with Gasteiger partial charge in [0.2, 0.25) is 0 Å². The van der Waals surface area contributed by atoms with Crippen molar-refractivity contribution in [3.05, 3.63) is 64.3 Å². The number of amides is 1. The summed E-state index contributed by atoms with van der Waals surface area (Å²) < 4.78 is 50.6. The van der Waals surface area contributed by atoms with Crippen molar-refractivity contribution in [2.24, 2.45) is 0 Å². The molecule has 11 heteroatoms. The van der Waals surface area contributed by atoms with Gasteiger partial charge in [0.15, 0.2) is 5.76 Å². The Kier molecular flexibility index (Phi) is 6.36. The van der Waals surface area contributed by atoms with Crippen LogP contribution in [0.3, 0.4) is 0 Å². The number of esters is 1. The molecular weight excluding hydrogens is 455 g/mol. The summed E-state index contributed by atoms with van der Waals surface area (Å²) in [5, 5.41) is 0.320. The Balaban J connectivity index is 1.78. The smallest absolute Gasteiger partial charge is 0.406 e. The van der Waals surface area contributed by atoms with Crippen LogP contribution in [-0.4, -0.2) is 60.3 Å². The lowest BCUT2D eigenvalue weighted by molar-refractivity contribution is -0.140. The number of hydrogen-bond acceptors (Lipinski definition) is 6. The van der Waals surface area contributed by atoms with Crippen LogP contribution in [0, 0.1) is 0 Å². The molecule has 0 spiro atoms. The molecular formula is C23H22F3N3O5. The van der Waals surface area contributed by atoms with Crippen LogP contribution in [0.15, 0.2) is 51.9 Å². The minimum Gasteiger partial charge on any atom is -0.462 e. The number of fused-ring (bicyclic) bond motifs is 1. The van der Waals surface area contributed by atoms with Crippen molar-refractivity contribution >= 4 is 28.5 Å². The van der Waals surface area contributed by atoms with Crippen molar-refractivity contribution < 1.29 is 31.9 Å². The van der Waals surface area contributed by atoms with Gasteiger partial charge in [-0.25, -0.2) is 4.79 Å². The van der Waals surface area contributed by atoms with E-state index >= 15 is 0 Å². The number of para-hydroxylation sites is 1. The SMILES string of the molecule is CCOC(=O)c1c(N2CCN(C(=O)c3ccco3)CC2)c2ccccc2n(CC(F)(F)F)c1=O. The third kappa shape index (κ3) is 4.50. The van der Waals surface area contributed by atoms with Crippen LogP contribution < -0.4 is 10.5 Å². The van der Waals surface area contributed by atoms with Crippen LogP contribution in [0.2, 0.25) is 0 Å². The third-order valence-electron chi connectivity index (χ3n) is 5.58. The molecule has 0 N–H and O–H groups in total. The number of benzene rings is 1. The second-order valence-corrected chi connectivity index (χ2v) is 7.72. The number of alkyl halides is 3. The number of furan rings is 1. The number of anilines is 1. The molecule has 0 bridgehead atoms. The fraction of sp³-hybridized carbons (Fsp3) is 0.348. The highest BCUT2D eigenvalue weighted by Gasteiger charge is 2.34. The molecule has 1 aromatic carbocycles. The summed E-state index contributed by atoms with van der Waals surface area (Å²) in [4.78, 5) is 41.9.